The number of methoxy groups -OCH3 is 1. The first kappa shape index (κ1) is 15.4. The smallest absolute Gasteiger partial charge is 0.258 e. The van der Waals surface area contributed by atoms with Gasteiger partial charge in [0.2, 0.25) is 0 Å². The normalized spacial score (nSPS) is 17.6. The molecule has 0 amide bonds. The monoisotopic (exact) mass is 315 g/mol. The van der Waals surface area contributed by atoms with Gasteiger partial charge in [0.15, 0.2) is 5.82 Å². The Bertz CT molecular complexity index is 523. The van der Waals surface area contributed by atoms with Crippen LogP contribution in [0, 0.1) is 0 Å². The van der Waals surface area contributed by atoms with E-state index in [1.165, 1.54) is 4.88 Å². The second kappa shape index (κ2) is 6.67. The van der Waals surface area contributed by atoms with Crippen LogP contribution in [0.4, 0.5) is 0 Å². The van der Waals surface area contributed by atoms with Gasteiger partial charge in [0.05, 0.1) is 0 Å². The third-order valence-electron chi connectivity index (χ3n) is 3.57. The molecule has 5 nitrogen and oxygen atoms in total. The van der Waals surface area contributed by atoms with Crippen molar-refractivity contribution in [2.75, 3.05) is 20.2 Å². The van der Waals surface area contributed by atoms with Gasteiger partial charge in [0.25, 0.3) is 5.89 Å². The Morgan fingerprint density at radius 2 is 2.25 bits per heavy atom. The van der Waals surface area contributed by atoms with E-state index in [-0.39, 0.29) is 12.4 Å². The van der Waals surface area contributed by atoms with Crippen LogP contribution in [-0.2, 0) is 16.8 Å². The first-order valence-corrected chi connectivity index (χ1v) is 7.32. The molecule has 7 heteroatoms. The molecule has 0 aromatic carbocycles. The Morgan fingerprint density at radius 3 is 2.90 bits per heavy atom. The lowest BCUT2D eigenvalue weighted by molar-refractivity contribution is -0.0622. The third kappa shape index (κ3) is 3.03. The summed E-state index contributed by atoms with van der Waals surface area (Å²) in [4.78, 5) is 5.77. The van der Waals surface area contributed by atoms with Crippen LogP contribution in [0.1, 0.15) is 29.4 Å². The lowest BCUT2D eigenvalue weighted by atomic mass is 9.92. The van der Waals surface area contributed by atoms with E-state index in [9.17, 15) is 0 Å². The highest BCUT2D eigenvalue weighted by molar-refractivity contribution is 7.09. The highest BCUT2D eigenvalue weighted by atomic mass is 35.5. The van der Waals surface area contributed by atoms with Gasteiger partial charge in [-0.2, -0.15) is 4.98 Å². The SMILES string of the molecule is COC1(c2nc(Cc3cccs3)no2)CCNCC1.Cl. The molecule has 110 valence electrons. The van der Waals surface area contributed by atoms with Crippen molar-refractivity contribution in [1.82, 2.24) is 15.5 Å². The highest BCUT2D eigenvalue weighted by Gasteiger charge is 2.39. The average Bonchev–Trinajstić information content (AvgIpc) is 3.12. The van der Waals surface area contributed by atoms with Gasteiger partial charge in [0, 0.05) is 18.4 Å². The van der Waals surface area contributed by atoms with E-state index in [0.717, 1.165) is 38.2 Å². The van der Waals surface area contributed by atoms with Crippen molar-refractivity contribution in [2.24, 2.45) is 0 Å². The van der Waals surface area contributed by atoms with Crippen molar-refractivity contribution >= 4 is 23.7 Å². The molecule has 2 aromatic heterocycles. The first-order chi connectivity index (χ1) is 9.32. The van der Waals surface area contributed by atoms with Gasteiger partial charge in [0.1, 0.15) is 5.60 Å². The molecule has 1 saturated heterocycles. The van der Waals surface area contributed by atoms with Crippen LogP contribution in [0.25, 0.3) is 0 Å². The first-order valence-electron chi connectivity index (χ1n) is 6.44. The fourth-order valence-electron chi connectivity index (χ4n) is 2.42. The molecule has 1 N–H and O–H groups in total. The van der Waals surface area contributed by atoms with Crippen LogP contribution in [0.2, 0.25) is 0 Å². The zero-order valence-electron chi connectivity index (χ0n) is 11.3. The van der Waals surface area contributed by atoms with Crippen molar-refractivity contribution in [2.45, 2.75) is 24.9 Å². The van der Waals surface area contributed by atoms with Gasteiger partial charge in [-0.25, -0.2) is 0 Å². The number of hydrogen-bond acceptors (Lipinski definition) is 6. The van der Waals surface area contributed by atoms with Crippen LogP contribution in [0.3, 0.4) is 0 Å². The molecular formula is C13H18ClN3O2S. The Balaban J connectivity index is 0.00000147. The number of nitrogens with one attached hydrogen (secondary N) is 1. The quantitative estimate of drug-likeness (QED) is 0.938. The molecule has 3 rings (SSSR count). The fraction of sp³-hybridized carbons (Fsp3) is 0.538. The second-order valence-electron chi connectivity index (χ2n) is 4.72. The molecule has 2 aromatic rings. The maximum Gasteiger partial charge on any atom is 0.258 e. The summed E-state index contributed by atoms with van der Waals surface area (Å²) in [6, 6.07) is 4.11. The van der Waals surface area contributed by atoms with E-state index in [1.807, 2.05) is 6.07 Å². The summed E-state index contributed by atoms with van der Waals surface area (Å²) in [6.07, 6.45) is 2.45. The molecule has 1 aliphatic heterocycles. The molecule has 0 radical (unpaired) electrons. The van der Waals surface area contributed by atoms with Gasteiger partial charge in [-0.1, -0.05) is 11.2 Å². The Morgan fingerprint density at radius 1 is 1.45 bits per heavy atom. The molecule has 1 fully saturated rings. The molecule has 20 heavy (non-hydrogen) atoms. The number of hydrogen-bond donors (Lipinski definition) is 1. The van der Waals surface area contributed by atoms with E-state index >= 15 is 0 Å². The molecule has 0 unspecified atom stereocenters. The van der Waals surface area contributed by atoms with Gasteiger partial charge in [-0.15, -0.1) is 23.7 Å². The molecule has 0 aliphatic carbocycles. The molecule has 0 spiro atoms. The number of ether oxygens (including phenoxy) is 1. The van der Waals surface area contributed by atoms with Crippen molar-refractivity contribution in [3.63, 3.8) is 0 Å². The van der Waals surface area contributed by atoms with E-state index in [2.05, 4.69) is 26.9 Å². The fourth-order valence-corrected chi connectivity index (χ4v) is 3.12. The highest BCUT2D eigenvalue weighted by Crippen LogP contribution is 2.33. The average molecular weight is 316 g/mol. The zero-order chi connectivity index (χ0) is 13.1. The lowest BCUT2D eigenvalue weighted by Crippen LogP contribution is -2.41. The number of aromatic nitrogens is 2. The van der Waals surface area contributed by atoms with E-state index in [0.29, 0.717) is 5.89 Å². The van der Waals surface area contributed by atoms with Gasteiger partial charge >= 0.3 is 0 Å². The van der Waals surface area contributed by atoms with Crippen LogP contribution in [-0.4, -0.2) is 30.3 Å². The lowest BCUT2D eigenvalue weighted by Gasteiger charge is -2.32. The van der Waals surface area contributed by atoms with Gasteiger partial charge in [-0.05, 0) is 37.4 Å². The second-order valence-corrected chi connectivity index (χ2v) is 5.75. The minimum Gasteiger partial charge on any atom is -0.368 e. The number of halogens is 1. The number of nitrogens with zero attached hydrogens (tertiary/aromatic N) is 2. The molecule has 1 aliphatic rings. The van der Waals surface area contributed by atoms with Crippen LogP contribution in [0.5, 0.6) is 0 Å². The Hall–Kier alpha value is -0.950. The summed E-state index contributed by atoms with van der Waals surface area (Å²) in [5.74, 6) is 1.34. The predicted molar refractivity (Wildman–Crippen MR) is 79.5 cm³/mol. The van der Waals surface area contributed by atoms with Crippen molar-refractivity contribution in [3.8, 4) is 0 Å². The third-order valence-corrected chi connectivity index (χ3v) is 4.45. The summed E-state index contributed by atoms with van der Waals surface area (Å²) in [7, 11) is 1.72. The summed E-state index contributed by atoms with van der Waals surface area (Å²) in [5, 5.41) is 9.45. The number of piperidine rings is 1. The van der Waals surface area contributed by atoms with Crippen LogP contribution < -0.4 is 5.32 Å². The van der Waals surface area contributed by atoms with E-state index in [1.54, 1.807) is 18.4 Å². The molecule has 0 atom stereocenters. The maximum atomic E-state index is 5.68. The summed E-state index contributed by atoms with van der Waals surface area (Å²) in [6.45, 7) is 1.83. The van der Waals surface area contributed by atoms with Crippen molar-refractivity contribution in [1.29, 1.82) is 0 Å². The largest absolute Gasteiger partial charge is 0.368 e. The maximum absolute atomic E-state index is 5.68. The molecule has 0 bridgehead atoms. The summed E-state index contributed by atoms with van der Waals surface area (Å²) < 4.78 is 11.1. The topological polar surface area (TPSA) is 60.2 Å². The minimum absolute atomic E-state index is 0. The summed E-state index contributed by atoms with van der Waals surface area (Å²) in [5.41, 5.74) is -0.411. The van der Waals surface area contributed by atoms with Crippen molar-refractivity contribution in [3.05, 3.63) is 34.1 Å². The Labute approximate surface area is 128 Å². The van der Waals surface area contributed by atoms with E-state index < -0.39 is 5.60 Å². The van der Waals surface area contributed by atoms with Crippen molar-refractivity contribution < 1.29 is 9.26 Å². The van der Waals surface area contributed by atoms with Crippen LogP contribution >= 0.6 is 23.7 Å². The minimum atomic E-state index is -0.411. The van der Waals surface area contributed by atoms with E-state index in [4.69, 9.17) is 9.26 Å². The number of thiophene rings is 1. The van der Waals surface area contributed by atoms with Gasteiger partial charge < -0.3 is 14.6 Å². The summed E-state index contributed by atoms with van der Waals surface area (Å²) >= 11 is 1.70. The van der Waals surface area contributed by atoms with Gasteiger partial charge in [-0.3, -0.25) is 0 Å². The zero-order valence-corrected chi connectivity index (χ0v) is 12.9. The molecule has 0 saturated carbocycles. The molecule has 3 heterocycles. The van der Waals surface area contributed by atoms with Crippen LogP contribution in [0.15, 0.2) is 22.0 Å². The standard InChI is InChI=1S/C13H17N3O2S.ClH/c1-17-13(4-6-14-7-5-13)12-15-11(16-18-12)9-10-3-2-8-19-10;/h2-3,8,14H,4-7,9H2,1H3;1H. The Kier molecular flexibility index (Phi) is 5.15. The molecular weight excluding hydrogens is 298 g/mol. The predicted octanol–water partition coefficient (Wildman–Crippen LogP) is 2.37. The number of rotatable bonds is 4.